The standard InChI is InChI=1S/C14H11F3N2O/c1-2-7-13(20,14(15,16)17)11-5-3-4-10(9-11)12-6-8-18-19-12/h3-6,8-9,20H,1H3,(H,18,19). The van der Waals surface area contributed by atoms with Gasteiger partial charge in [-0.25, -0.2) is 0 Å². The molecule has 0 amide bonds. The van der Waals surface area contributed by atoms with Gasteiger partial charge in [0, 0.05) is 11.8 Å². The van der Waals surface area contributed by atoms with Crippen molar-refractivity contribution in [3.8, 4) is 23.1 Å². The Labute approximate surface area is 113 Å². The Kier molecular flexibility index (Phi) is 3.55. The average Bonchev–Trinajstić information content (AvgIpc) is 2.91. The Morgan fingerprint density at radius 3 is 2.55 bits per heavy atom. The summed E-state index contributed by atoms with van der Waals surface area (Å²) >= 11 is 0. The first kappa shape index (κ1) is 14.2. The number of aromatic amines is 1. The Hall–Kier alpha value is -2.26. The van der Waals surface area contributed by atoms with E-state index in [0.717, 1.165) is 0 Å². The number of nitrogens with zero attached hydrogens (tertiary/aromatic N) is 1. The summed E-state index contributed by atoms with van der Waals surface area (Å²) in [7, 11) is 0. The number of nitrogens with one attached hydrogen (secondary N) is 1. The summed E-state index contributed by atoms with van der Waals surface area (Å²) in [6.45, 7) is 1.25. The molecule has 0 fully saturated rings. The zero-order valence-electron chi connectivity index (χ0n) is 10.5. The van der Waals surface area contributed by atoms with E-state index in [1.807, 2.05) is 5.92 Å². The van der Waals surface area contributed by atoms with E-state index >= 15 is 0 Å². The lowest BCUT2D eigenvalue weighted by molar-refractivity contribution is -0.240. The van der Waals surface area contributed by atoms with E-state index in [2.05, 4.69) is 16.1 Å². The smallest absolute Gasteiger partial charge is 0.366 e. The molecule has 0 spiro atoms. The molecule has 1 aromatic heterocycles. The molecule has 1 atom stereocenters. The highest BCUT2D eigenvalue weighted by molar-refractivity contribution is 5.60. The lowest BCUT2D eigenvalue weighted by Crippen LogP contribution is -2.41. The zero-order chi connectivity index (χ0) is 14.8. The molecule has 0 aliphatic rings. The molecule has 0 aliphatic heterocycles. The molecule has 6 heteroatoms. The van der Waals surface area contributed by atoms with Crippen molar-refractivity contribution in [3.63, 3.8) is 0 Å². The number of rotatable bonds is 2. The van der Waals surface area contributed by atoms with Crippen LogP contribution in [0.4, 0.5) is 13.2 Å². The molecular formula is C14H11F3N2O. The predicted octanol–water partition coefficient (Wildman–Crippen LogP) is 2.85. The van der Waals surface area contributed by atoms with Crippen molar-refractivity contribution in [1.82, 2.24) is 10.2 Å². The molecule has 2 rings (SSSR count). The third-order valence-corrected chi connectivity index (χ3v) is 2.81. The maximum absolute atomic E-state index is 13.1. The van der Waals surface area contributed by atoms with E-state index in [4.69, 9.17) is 0 Å². The first-order valence-electron chi connectivity index (χ1n) is 5.72. The predicted molar refractivity (Wildman–Crippen MR) is 67.4 cm³/mol. The summed E-state index contributed by atoms with van der Waals surface area (Å²) in [5, 5.41) is 16.3. The van der Waals surface area contributed by atoms with Gasteiger partial charge in [-0.3, -0.25) is 5.10 Å². The fraction of sp³-hybridized carbons (Fsp3) is 0.214. The number of halogens is 3. The summed E-state index contributed by atoms with van der Waals surface area (Å²) in [5.74, 6) is 3.97. The monoisotopic (exact) mass is 280 g/mol. The average molecular weight is 280 g/mol. The van der Waals surface area contributed by atoms with Crippen molar-refractivity contribution in [2.45, 2.75) is 18.7 Å². The Morgan fingerprint density at radius 1 is 1.25 bits per heavy atom. The Bertz CT molecular complexity index is 653. The van der Waals surface area contributed by atoms with Gasteiger partial charge in [-0.1, -0.05) is 24.1 Å². The van der Waals surface area contributed by atoms with Gasteiger partial charge >= 0.3 is 6.18 Å². The van der Waals surface area contributed by atoms with E-state index in [0.29, 0.717) is 11.3 Å². The minimum atomic E-state index is -4.89. The van der Waals surface area contributed by atoms with E-state index in [1.54, 1.807) is 12.1 Å². The van der Waals surface area contributed by atoms with E-state index in [9.17, 15) is 18.3 Å². The van der Waals surface area contributed by atoms with Crippen LogP contribution in [0, 0.1) is 11.8 Å². The van der Waals surface area contributed by atoms with Gasteiger partial charge in [0.25, 0.3) is 0 Å². The SMILES string of the molecule is CC#CC(O)(c1cccc(-c2ccn[nH]2)c1)C(F)(F)F. The summed E-state index contributed by atoms with van der Waals surface area (Å²) < 4.78 is 39.2. The Balaban J connectivity index is 2.56. The second-order valence-corrected chi connectivity index (χ2v) is 4.13. The quantitative estimate of drug-likeness (QED) is 0.831. The van der Waals surface area contributed by atoms with Crippen LogP contribution in [-0.4, -0.2) is 21.5 Å². The lowest BCUT2D eigenvalue weighted by atomic mass is 9.92. The van der Waals surface area contributed by atoms with Crippen LogP contribution in [0.5, 0.6) is 0 Å². The second kappa shape index (κ2) is 5.02. The number of alkyl halides is 3. The highest BCUT2D eigenvalue weighted by Crippen LogP contribution is 2.39. The maximum atomic E-state index is 13.1. The molecule has 3 nitrogen and oxygen atoms in total. The fourth-order valence-electron chi connectivity index (χ4n) is 1.82. The summed E-state index contributed by atoms with van der Waals surface area (Å²) in [6, 6.07) is 7.10. The molecular weight excluding hydrogens is 269 g/mol. The minimum Gasteiger partial charge on any atom is -0.366 e. The van der Waals surface area contributed by atoms with Crippen molar-refractivity contribution in [1.29, 1.82) is 0 Å². The third kappa shape index (κ3) is 2.40. The van der Waals surface area contributed by atoms with Gasteiger partial charge in [0.05, 0.1) is 5.69 Å². The first-order chi connectivity index (χ1) is 9.38. The van der Waals surface area contributed by atoms with Gasteiger partial charge in [-0.15, -0.1) is 5.92 Å². The fourth-order valence-corrected chi connectivity index (χ4v) is 1.82. The molecule has 2 N–H and O–H groups in total. The van der Waals surface area contributed by atoms with Crippen LogP contribution in [0.1, 0.15) is 12.5 Å². The van der Waals surface area contributed by atoms with Gasteiger partial charge in [-0.2, -0.15) is 18.3 Å². The van der Waals surface area contributed by atoms with Crippen LogP contribution in [0.2, 0.25) is 0 Å². The van der Waals surface area contributed by atoms with Crippen LogP contribution in [0.25, 0.3) is 11.3 Å². The summed E-state index contributed by atoms with van der Waals surface area (Å²) in [6.07, 6.45) is -3.40. The van der Waals surface area contributed by atoms with Crippen molar-refractivity contribution >= 4 is 0 Å². The van der Waals surface area contributed by atoms with Gasteiger partial charge < -0.3 is 5.11 Å². The van der Waals surface area contributed by atoms with Crippen molar-refractivity contribution in [2.75, 3.05) is 0 Å². The van der Waals surface area contributed by atoms with Crippen LogP contribution in [-0.2, 0) is 5.60 Å². The summed E-state index contributed by atoms with van der Waals surface area (Å²) in [5.41, 5.74) is -2.47. The molecule has 20 heavy (non-hydrogen) atoms. The molecule has 2 aromatic rings. The number of hydrogen-bond donors (Lipinski definition) is 2. The van der Waals surface area contributed by atoms with E-state index < -0.39 is 11.8 Å². The van der Waals surface area contributed by atoms with Crippen molar-refractivity contribution in [3.05, 3.63) is 42.1 Å². The van der Waals surface area contributed by atoms with Crippen LogP contribution < -0.4 is 0 Å². The molecule has 0 aliphatic carbocycles. The maximum Gasteiger partial charge on any atom is 0.433 e. The second-order valence-electron chi connectivity index (χ2n) is 4.13. The largest absolute Gasteiger partial charge is 0.433 e. The van der Waals surface area contributed by atoms with Gasteiger partial charge in [0.1, 0.15) is 0 Å². The number of benzene rings is 1. The molecule has 0 bridgehead atoms. The third-order valence-electron chi connectivity index (χ3n) is 2.81. The van der Waals surface area contributed by atoms with Gasteiger partial charge in [0.15, 0.2) is 0 Å². The summed E-state index contributed by atoms with van der Waals surface area (Å²) in [4.78, 5) is 0. The highest BCUT2D eigenvalue weighted by atomic mass is 19.4. The van der Waals surface area contributed by atoms with Gasteiger partial charge in [-0.05, 0) is 24.6 Å². The van der Waals surface area contributed by atoms with Gasteiger partial charge in [0.2, 0.25) is 5.60 Å². The molecule has 0 radical (unpaired) electrons. The van der Waals surface area contributed by atoms with Crippen LogP contribution in [0.3, 0.4) is 0 Å². The normalized spacial score (nSPS) is 14.2. The number of aromatic nitrogens is 2. The molecule has 0 saturated carbocycles. The van der Waals surface area contributed by atoms with E-state index in [1.165, 1.54) is 31.3 Å². The first-order valence-corrected chi connectivity index (χ1v) is 5.72. The molecule has 0 saturated heterocycles. The minimum absolute atomic E-state index is 0.327. The van der Waals surface area contributed by atoms with Crippen molar-refractivity contribution in [2.24, 2.45) is 0 Å². The van der Waals surface area contributed by atoms with Crippen LogP contribution in [0.15, 0.2) is 36.5 Å². The number of aliphatic hydroxyl groups is 1. The molecule has 1 unspecified atom stereocenters. The number of H-pyrrole nitrogens is 1. The van der Waals surface area contributed by atoms with E-state index in [-0.39, 0.29) is 5.56 Å². The van der Waals surface area contributed by atoms with Crippen LogP contribution >= 0.6 is 0 Å². The number of hydrogen-bond acceptors (Lipinski definition) is 2. The van der Waals surface area contributed by atoms with Crippen molar-refractivity contribution < 1.29 is 18.3 Å². The Morgan fingerprint density at radius 2 is 2.00 bits per heavy atom. The zero-order valence-corrected chi connectivity index (χ0v) is 10.5. The molecule has 1 heterocycles. The lowest BCUT2D eigenvalue weighted by Gasteiger charge is -2.26. The molecule has 104 valence electrons. The highest BCUT2D eigenvalue weighted by Gasteiger charge is 2.54. The molecule has 1 aromatic carbocycles. The topological polar surface area (TPSA) is 48.9 Å².